The molecule has 0 aliphatic carbocycles. The van der Waals surface area contributed by atoms with E-state index in [4.69, 9.17) is 10.2 Å². The topological polar surface area (TPSA) is 77.8 Å². The van der Waals surface area contributed by atoms with Gasteiger partial charge in [0.05, 0.1) is 5.92 Å². The van der Waals surface area contributed by atoms with E-state index in [1.54, 1.807) is 0 Å². The number of carbonyl (C=O) groups is 1. The Labute approximate surface area is 79.2 Å². The Balaban J connectivity index is 3.24. The summed E-state index contributed by atoms with van der Waals surface area (Å²) in [5, 5.41) is 26.7. The number of rotatable bonds is 2. The lowest BCUT2D eigenvalue weighted by Gasteiger charge is -2.09. The third kappa shape index (κ3) is 1.61. The molecule has 0 fully saturated rings. The first kappa shape index (κ1) is 10.3. The first-order valence-electron chi connectivity index (χ1n) is 3.88. The third-order valence-electron chi connectivity index (χ3n) is 1.96. The van der Waals surface area contributed by atoms with Gasteiger partial charge >= 0.3 is 5.97 Å². The van der Waals surface area contributed by atoms with Gasteiger partial charge in [-0.1, -0.05) is 6.07 Å². The molecular weight excluding hydrogens is 191 g/mol. The van der Waals surface area contributed by atoms with Crippen LogP contribution in [0.25, 0.3) is 0 Å². The highest BCUT2D eigenvalue weighted by molar-refractivity contribution is 5.76. The summed E-state index contributed by atoms with van der Waals surface area (Å²) in [6.45, 7) is 1.31. The molecule has 0 spiro atoms. The second kappa shape index (κ2) is 3.53. The van der Waals surface area contributed by atoms with Gasteiger partial charge in [-0.15, -0.1) is 0 Å². The van der Waals surface area contributed by atoms with Gasteiger partial charge in [0.1, 0.15) is 0 Å². The number of phenolic OH excluding ortho intramolecular Hbond substituents is 2. The molecule has 0 aliphatic heterocycles. The summed E-state index contributed by atoms with van der Waals surface area (Å²) in [6, 6.07) is 2.18. The maximum atomic E-state index is 12.9. The first-order valence-corrected chi connectivity index (χ1v) is 3.88. The van der Waals surface area contributed by atoms with Crippen LogP contribution in [-0.2, 0) is 4.79 Å². The molecule has 1 aromatic carbocycles. The molecule has 5 heteroatoms. The van der Waals surface area contributed by atoms with Crippen LogP contribution in [0, 0.1) is 5.82 Å². The fourth-order valence-corrected chi connectivity index (χ4v) is 1.05. The molecule has 0 saturated heterocycles. The maximum Gasteiger partial charge on any atom is 0.310 e. The number of benzene rings is 1. The van der Waals surface area contributed by atoms with Crippen LogP contribution in [-0.4, -0.2) is 21.3 Å². The molecule has 3 N–H and O–H groups in total. The minimum Gasteiger partial charge on any atom is -0.505 e. The van der Waals surface area contributed by atoms with E-state index in [0.717, 1.165) is 6.07 Å². The van der Waals surface area contributed by atoms with Crippen molar-refractivity contribution in [2.75, 3.05) is 0 Å². The number of aromatic hydroxyl groups is 2. The zero-order valence-corrected chi connectivity index (χ0v) is 7.36. The smallest absolute Gasteiger partial charge is 0.310 e. The van der Waals surface area contributed by atoms with Crippen LogP contribution < -0.4 is 0 Å². The Hall–Kier alpha value is -1.78. The van der Waals surface area contributed by atoms with Gasteiger partial charge in [-0.25, -0.2) is 0 Å². The van der Waals surface area contributed by atoms with Crippen molar-refractivity contribution in [3.05, 3.63) is 23.5 Å². The summed E-state index contributed by atoms with van der Waals surface area (Å²) >= 11 is 0. The highest BCUT2D eigenvalue weighted by Gasteiger charge is 2.21. The Morgan fingerprint density at radius 3 is 2.50 bits per heavy atom. The number of halogens is 1. The van der Waals surface area contributed by atoms with Crippen LogP contribution in [0.1, 0.15) is 18.4 Å². The number of hydrogen-bond donors (Lipinski definition) is 3. The zero-order valence-electron chi connectivity index (χ0n) is 7.36. The van der Waals surface area contributed by atoms with Crippen LogP contribution in [0.15, 0.2) is 12.1 Å². The molecule has 4 nitrogen and oxygen atoms in total. The minimum atomic E-state index is -1.20. The van der Waals surface area contributed by atoms with Crippen molar-refractivity contribution in [3.63, 3.8) is 0 Å². The molecule has 0 heterocycles. The average molecular weight is 200 g/mol. The molecule has 0 bridgehead atoms. The van der Waals surface area contributed by atoms with Crippen LogP contribution in [0.5, 0.6) is 11.5 Å². The van der Waals surface area contributed by atoms with E-state index in [9.17, 15) is 14.3 Å². The lowest BCUT2D eigenvalue weighted by Crippen LogP contribution is -2.08. The Bertz CT molecular complexity index is 375. The van der Waals surface area contributed by atoms with E-state index in [0.29, 0.717) is 0 Å². The number of carboxylic acid groups (broad SMARTS) is 1. The van der Waals surface area contributed by atoms with Crippen LogP contribution >= 0.6 is 0 Å². The van der Waals surface area contributed by atoms with E-state index in [2.05, 4.69) is 0 Å². The van der Waals surface area contributed by atoms with Crippen molar-refractivity contribution in [1.82, 2.24) is 0 Å². The summed E-state index contributed by atoms with van der Waals surface area (Å²) < 4.78 is 12.9. The van der Waals surface area contributed by atoms with Gasteiger partial charge in [0.15, 0.2) is 11.5 Å². The summed E-state index contributed by atoms with van der Waals surface area (Å²) in [6.07, 6.45) is 0. The Morgan fingerprint density at radius 2 is 2.00 bits per heavy atom. The Morgan fingerprint density at radius 1 is 1.43 bits per heavy atom. The van der Waals surface area contributed by atoms with E-state index < -0.39 is 29.2 Å². The Kier molecular flexibility index (Phi) is 2.60. The second-order valence-corrected chi connectivity index (χ2v) is 2.90. The fraction of sp³-hybridized carbons (Fsp3) is 0.222. The molecule has 0 saturated carbocycles. The molecule has 14 heavy (non-hydrogen) atoms. The standard InChI is InChI=1S/C9H9FO4/c1-4(9(13)14)5-2-3-6(11)7(10)8(5)12/h2-4,11-12H,1H3,(H,13,14). The number of hydrogen-bond acceptors (Lipinski definition) is 3. The number of phenols is 2. The number of aliphatic carboxylic acids is 1. The van der Waals surface area contributed by atoms with Crippen molar-refractivity contribution >= 4 is 5.97 Å². The third-order valence-corrected chi connectivity index (χ3v) is 1.96. The van der Waals surface area contributed by atoms with Crippen LogP contribution in [0.3, 0.4) is 0 Å². The molecule has 1 atom stereocenters. The highest BCUT2D eigenvalue weighted by Crippen LogP contribution is 2.33. The SMILES string of the molecule is CC(C(=O)O)c1ccc(O)c(F)c1O. The van der Waals surface area contributed by atoms with E-state index in [-0.39, 0.29) is 5.56 Å². The lowest BCUT2D eigenvalue weighted by molar-refractivity contribution is -0.138. The normalized spacial score (nSPS) is 12.4. The molecule has 76 valence electrons. The van der Waals surface area contributed by atoms with Crippen LogP contribution in [0.2, 0.25) is 0 Å². The van der Waals surface area contributed by atoms with Gasteiger partial charge in [-0.3, -0.25) is 4.79 Å². The van der Waals surface area contributed by atoms with E-state index in [1.165, 1.54) is 13.0 Å². The fourth-order valence-electron chi connectivity index (χ4n) is 1.05. The lowest BCUT2D eigenvalue weighted by atomic mass is 10.00. The largest absolute Gasteiger partial charge is 0.505 e. The van der Waals surface area contributed by atoms with E-state index in [1.807, 2.05) is 0 Å². The summed E-state index contributed by atoms with van der Waals surface area (Å²) in [7, 11) is 0. The van der Waals surface area contributed by atoms with Crippen molar-refractivity contribution in [1.29, 1.82) is 0 Å². The van der Waals surface area contributed by atoms with Crippen molar-refractivity contribution in [2.24, 2.45) is 0 Å². The van der Waals surface area contributed by atoms with Gasteiger partial charge < -0.3 is 15.3 Å². The molecule has 0 aliphatic rings. The van der Waals surface area contributed by atoms with Crippen molar-refractivity contribution in [2.45, 2.75) is 12.8 Å². The van der Waals surface area contributed by atoms with Crippen molar-refractivity contribution < 1.29 is 24.5 Å². The van der Waals surface area contributed by atoms with Gasteiger partial charge in [-0.2, -0.15) is 4.39 Å². The maximum absolute atomic E-state index is 12.9. The second-order valence-electron chi connectivity index (χ2n) is 2.90. The molecule has 1 unspecified atom stereocenters. The average Bonchev–Trinajstić information content (AvgIpc) is 2.13. The molecule has 0 amide bonds. The predicted octanol–water partition coefficient (Wildman–Crippen LogP) is 1.42. The first-order chi connectivity index (χ1) is 6.45. The monoisotopic (exact) mass is 200 g/mol. The predicted molar refractivity (Wildman–Crippen MR) is 45.8 cm³/mol. The minimum absolute atomic E-state index is 0.0622. The summed E-state index contributed by atoms with van der Waals surface area (Å²) in [5.74, 6) is -4.92. The zero-order chi connectivity index (χ0) is 10.9. The molecule has 0 radical (unpaired) electrons. The van der Waals surface area contributed by atoms with Gasteiger partial charge in [-0.05, 0) is 13.0 Å². The molecule has 0 aromatic heterocycles. The van der Waals surface area contributed by atoms with Gasteiger partial charge in [0, 0.05) is 5.56 Å². The quantitative estimate of drug-likeness (QED) is 0.674. The summed E-state index contributed by atoms with van der Waals surface area (Å²) in [4.78, 5) is 10.6. The van der Waals surface area contributed by atoms with Crippen LogP contribution in [0.4, 0.5) is 4.39 Å². The van der Waals surface area contributed by atoms with Gasteiger partial charge in [0.2, 0.25) is 5.82 Å². The van der Waals surface area contributed by atoms with E-state index >= 15 is 0 Å². The molecular formula is C9H9FO4. The highest BCUT2D eigenvalue weighted by atomic mass is 19.1. The molecule has 1 rings (SSSR count). The molecule has 1 aromatic rings. The summed E-state index contributed by atoms with van der Waals surface area (Å²) in [5.41, 5.74) is -0.0622. The number of carboxylic acids is 1. The van der Waals surface area contributed by atoms with Crippen molar-refractivity contribution in [3.8, 4) is 11.5 Å². The van der Waals surface area contributed by atoms with Gasteiger partial charge in [0.25, 0.3) is 0 Å².